The molecule has 0 bridgehead atoms. The number of rotatable bonds is 6. The molecule has 1 aliphatic carbocycles. The first kappa shape index (κ1) is 21.6. The molecule has 162 valence electrons. The smallest absolute Gasteiger partial charge is 0.262 e. The number of benzene rings is 3. The second kappa shape index (κ2) is 10.2. The number of hydrogen-bond donors (Lipinski definition) is 1. The maximum atomic E-state index is 13.0. The van der Waals surface area contributed by atoms with Crippen LogP contribution < -0.4 is 10.1 Å². The minimum absolute atomic E-state index is 0.101. The van der Waals surface area contributed by atoms with Gasteiger partial charge in [0.05, 0.1) is 0 Å². The molecule has 3 aromatic rings. The van der Waals surface area contributed by atoms with Crippen molar-refractivity contribution in [2.75, 3.05) is 0 Å². The van der Waals surface area contributed by atoms with Gasteiger partial charge in [-0.25, -0.2) is 0 Å². The van der Waals surface area contributed by atoms with E-state index in [1.54, 1.807) is 6.08 Å². The Labute approximate surface area is 189 Å². The third kappa shape index (κ3) is 5.00. The quantitative estimate of drug-likeness (QED) is 0.389. The van der Waals surface area contributed by atoms with Crippen LogP contribution in [0, 0.1) is 17.2 Å². The average molecular weight is 425 g/mol. The van der Waals surface area contributed by atoms with Gasteiger partial charge in [-0.05, 0) is 47.2 Å². The molecule has 0 heterocycles. The van der Waals surface area contributed by atoms with E-state index >= 15 is 0 Å². The standard InChI is InChI=1S/C28H28N2O2/c1-20-9-5-8-14-26(20)30-28(31)23(18-29)17-25-24-13-7-6-12-22(24)15-16-27(25)32-19-21-10-3-2-4-11-21/h2-4,6-7,10-13,15-17,20,26H,5,8-9,14,19H2,1H3,(H,30,31)/b23-17+/t20-,26-/m1/s1. The highest BCUT2D eigenvalue weighted by molar-refractivity contribution is 6.05. The minimum Gasteiger partial charge on any atom is -0.488 e. The van der Waals surface area contributed by atoms with Crippen molar-refractivity contribution in [1.29, 1.82) is 5.26 Å². The lowest BCUT2D eigenvalue weighted by atomic mass is 9.86. The summed E-state index contributed by atoms with van der Waals surface area (Å²) in [6, 6.07) is 24.0. The number of amides is 1. The molecule has 1 saturated carbocycles. The topological polar surface area (TPSA) is 62.1 Å². The summed E-state index contributed by atoms with van der Waals surface area (Å²) < 4.78 is 6.14. The summed E-state index contributed by atoms with van der Waals surface area (Å²) in [5.41, 5.74) is 1.91. The number of nitriles is 1. The normalized spacial score (nSPS) is 18.7. The molecule has 0 saturated heterocycles. The third-order valence-electron chi connectivity index (χ3n) is 6.25. The molecule has 0 radical (unpaired) electrons. The van der Waals surface area contributed by atoms with Gasteiger partial charge in [-0.3, -0.25) is 4.79 Å². The monoisotopic (exact) mass is 424 g/mol. The molecule has 1 N–H and O–H groups in total. The highest BCUT2D eigenvalue weighted by Crippen LogP contribution is 2.31. The van der Waals surface area contributed by atoms with Crippen LogP contribution in [0.5, 0.6) is 5.75 Å². The van der Waals surface area contributed by atoms with Crippen LogP contribution in [0.4, 0.5) is 0 Å². The molecular formula is C28H28N2O2. The summed E-state index contributed by atoms with van der Waals surface area (Å²) >= 11 is 0. The predicted octanol–water partition coefficient (Wildman–Crippen LogP) is 6.02. The number of nitrogens with one attached hydrogen (secondary N) is 1. The van der Waals surface area contributed by atoms with Gasteiger partial charge >= 0.3 is 0 Å². The molecule has 1 amide bonds. The van der Waals surface area contributed by atoms with Gasteiger partial charge in [-0.2, -0.15) is 5.26 Å². The van der Waals surface area contributed by atoms with Gasteiger partial charge in [0.1, 0.15) is 24.0 Å². The van der Waals surface area contributed by atoms with Crippen molar-refractivity contribution < 1.29 is 9.53 Å². The fourth-order valence-electron chi connectivity index (χ4n) is 4.36. The first-order valence-electron chi connectivity index (χ1n) is 11.3. The Balaban J connectivity index is 1.66. The van der Waals surface area contributed by atoms with Crippen molar-refractivity contribution >= 4 is 22.8 Å². The first-order chi connectivity index (χ1) is 15.7. The van der Waals surface area contributed by atoms with Crippen LogP contribution in [0.25, 0.3) is 16.8 Å². The molecule has 1 aliphatic rings. The molecule has 32 heavy (non-hydrogen) atoms. The highest BCUT2D eigenvalue weighted by atomic mass is 16.5. The molecule has 0 unspecified atom stereocenters. The molecule has 2 atom stereocenters. The van der Waals surface area contributed by atoms with E-state index < -0.39 is 0 Å². The Bertz CT molecular complexity index is 1160. The van der Waals surface area contributed by atoms with Gasteiger partial charge < -0.3 is 10.1 Å². The fraction of sp³-hybridized carbons (Fsp3) is 0.286. The van der Waals surface area contributed by atoms with Crippen LogP contribution in [-0.2, 0) is 11.4 Å². The summed E-state index contributed by atoms with van der Waals surface area (Å²) in [7, 11) is 0. The van der Waals surface area contributed by atoms with Crippen LogP contribution in [0.15, 0.2) is 72.3 Å². The first-order valence-corrected chi connectivity index (χ1v) is 11.3. The Hall–Kier alpha value is -3.58. The number of ether oxygens (including phenoxy) is 1. The molecule has 4 heteroatoms. The SMILES string of the molecule is C[C@@H]1CCCC[C@H]1NC(=O)/C(C#N)=C/c1c(OCc2ccccc2)ccc2ccccc12. The van der Waals surface area contributed by atoms with Crippen molar-refractivity contribution in [1.82, 2.24) is 5.32 Å². The lowest BCUT2D eigenvalue weighted by Crippen LogP contribution is -2.41. The van der Waals surface area contributed by atoms with E-state index in [9.17, 15) is 10.1 Å². The summed E-state index contributed by atoms with van der Waals surface area (Å²) in [4.78, 5) is 13.0. The number of fused-ring (bicyclic) bond motifs is 1. The molecule has 4 nitrogen and oxygen atoms in total. The van der Waals surface area contributed by atoms with E-state index in [2.05, 4.69) is 18.3 Å². The van der Waals surface area contributed by atoms with Gasteiger partial charge in [0, 0.05) is 11.6 Å². The zero-order valence-corrected chi connectivity index (χ0v) is 18.4. The third-order valence-corrected chi connectivity index (χ3v) is 6.25. The molecule has 3 aromatic carbocycles. The summed E-state index contributed by atoms with van der Waals surface area (Å²) in [6.07, 6.45) is 6.06. The molecule has 1 fully saturated rings. The Morgan fingerprint density at radius 3 is 2.59 bits per heavy atom. The van der Waals surface area contributed by atoms with Gasteiger partial charge in [-0.1, -0.05) is 80.4 Å². The number of carbonyl (C=O) groups is 1. The van der Waals surface area contributed by atoms with E-state index in [-0.39, 0.29) is 17.5 Å². The number of hydrogen-bond acceptors (Lipinski definition) is 3. The molecule has 0 aliphatic heterocycles. The maximum absolute atomic E-state index is 13.0. The van der Waals surface area contributed by atoms with Gasteiger partial charge in [0.25, 0.3) is 5.91 Å². The van der Waals surface area contributed by atoms with E-state index in [1.165, 1.54) is 6.42 Å². The lowest BCUT2D eigenvalue weighted by Gasteiger charge is -2.29. The summed E-state index contributed by atoms with van der Waals surface area (Å²) in [6.45, 7) is 2.58. The van der Waals surface area contributed by atoms with Gasteiger partial charge in [0.2, 0.25) is 0 Å². The fourth-order valence-corrected chi connectivity index (χ4v) is 4.36. The largest absolute Gasteiger partial charge is 0.488 e. The van der Waals surface area contributed by atoms with Crippen LogP contribution >= 0.6 is 0 Å². The van der Waals surface area contributed by atoms with Crippen LogP contribution in [-0.4, -0.2) is 11.9 Å². The summed E-state index contributed by atoms with van der Waals surface area (Å²) in [5.74, 6) is 0.766. The zero-order valence-electron chi connectivity index (χ0n) is 18.4. The van der Waals surface area contributed by atoms with Crippen molar-refractivity contribution in [3.8, 4) is 11.8 Å². The second-order valence-corrected chi connectivity index (χ2v) is 8.48. The van der Waals surface area contributed by atoms with E-state index in [1.807, 2.05) is 66.7 Å². The van der Waals surface area contributed by atoms with Crippen molar-refractivity contribution in [3.05, 3.63) is 83.4 Å². The number of carbonyl (C=O) groups excluding carboxylic acids is 1. The van der Waals surface area contributed by atoms with Crippen LogP contribution in [0.1, 0.15) is 43.7 Å². The van der Waals surface area contributed by atoms with Crippen LogP contribution in [0.2, 0.25) is 0 Å². The van der Waals surface area contributed by atoms with Gasteiger partial charge in [0.15, 0.2) is 0 Å². The molecular weight excluding hydrogens is 396 g/mol. The van der Waals surface area contributed by atoms with E-state index in [0.29, 0.717) is 18.3 Å². The highest BCUT2D eigenvalue weighted by Gasteiger charge is 2.24. The zero-order chi connectivity index (χ0) is 22.3. The molecule has 0 aromatic heterocycles. The molecule has 4 rings (SSSR count). The van der Waals surface area contributed by atoms with E-state index in [4.69, 9.17) is 4.74 Å². The van der Waals surface area contributed by atoms with Crippen molar-refractivity contribution in [3.63, 3.8) is 0 Å². The minimum atomic E-state index is -0.312. The van der Waals surface area contributed by atoms with E-state index in [0.717, 1.165) is 41.2 Å². The van der Waals surface area contributed by atoms with Crippen molar-refractivity contribution in [2.24, 2.45) is 5.92 Å². The second-order valence-electron chi connectivity index (χ2n) is 8.48. The Morgan fingerprint density at radius 2 is 1.81 bits per heavy atom. The average Bonchev–Trinajstić information content (AvgIpc) is 2.83. The van der Waals surface area contributed by atoms with Gasteiger partial charge in [-0.15, -0.1) is 0 Å². The molecule has 0 spiro atoms. The lowest BCUT2D eigenvalue weighted by molar-refractivity contribution is -0.118. The maximum Gasteiger partial charge on any atom is 0.262 e. The Morgan fingerprint density at radius 1 is 1.06 bits per heavy atom. The predicted molar refractivity (Wildman–Crippen MR) is 128 cm³/mol. The summed E-state index contributed by atoms with van der Waals surface area (Å²) in [5, 5.41) is 14.9. The van der Waals surface area contributed by atoms with Crippen molar-refractivity contribution in [2.45, 2.75) is 45.3 Å². The Kier molecular flexibility index (Phi) is 6.87. The van der Waals surface area contributed by atoms with Crippen LogP contribution in [0.3, 0.4) is 0 Å². The number of nitrogens with zero attached hydrogens (tertiary/aromatic N) is 1.